The molecule has 0 aliphatic rings. The first kappa shape index (κ1) is 12.4. The van der Waals surface area contributed by atoms with Gasteiger partial charge >= 0.3 is 5.97 Å². The molecule has 0 aromatic heterocycles. The lowest BCUT2D eigenvalue weighted by atomic mass is 10.1. The van der Waals surface area contributed by atoms with Crippen molar-refractivity contribution < 1.29 is 19.6 Å². The summed E-state index contributed by atoms with van der Waals surface area (Å²) in [7, 11) is 1.09. The van der Waals surface area contributed by atoms with Crippen LogP contribution in [-0.2, 0) is 9.53 Å². The molecule has 0 aliphatic carbocycles. The van der Waals surface area contributed by atoms with Gasteiger partial charge in [-0.2, -0.15) is 0 Å². The van der Waals surface area contributed by atoms with Crippen LogP contribution in [0, 0.1) is 10.1 Å². The Hall–Kier alpha value is -1.66. The second-order valence-electron chi connectivity index (χ2n) is 2.89. The first-order valence-corrected chi connectivity index (χ1v) is 4.55. The van der Waals surface area contributed by atoms with Crippen LogP contribution in [0.25, 0.3) is 0 Å². The predicted octanol–water partition coefficient (Wildman–Crippen LogP) is 1.45. The molecule has 1 rings (SSSR count). The number of aliphatic hydroxyl groups excluding tert-OH is 1. The van der Waals surface area contributed by atoms with Gasteiger partial charge in [-0.3, -0.25) is 10.1 Å². The molecule has 1 aromatic carbocycles. The van der Waals surface area contributed by atoms with Gasteiger partial charge in [0.25, 0.3) is 5.69 Å². The number of hydrogen-bond donors (Lipinski definition) is 1. The van der Waals surface area contributed by atoms with Crippen LogP contribution in [0.2, 0.25) is 5.02 Å². The molecule has 1 N–H and O–H groups in total. The van der Waals surface area contributed by atoms with Gasteiger partial charge < -0.3 is 9.84 Å². The Balaban J connectivity index is 3.16. The number of nitro benzene ring substituents is 1. The number of esters is 1. The minimum Gasteiger partial charge on any atom is -0.467 e. The van der Waals surface area contributed by atoms with Crippen LogP contribution in [0.15, 0.2) is 18.2 Å². The number of rotatable bonds is 3. The molecule has 0 amide bonds. The topological polar surface area (TPSA) is 89.7 Å². The smallest absolute Gasteiger partial charge is 0.339 e. The molecule has 0 spiro atoms. The summed E-state index contributed by atoms with van der Waals surface area (Å²) >= 11 is 5.71. The van der Waals surface area contributed by atoms with Crippen LogP contribution in [0.5, 0.6) is 0 Å². The second kappa shape index (κ2) is 4.91. The summed E-state index contributed by atoms with van der Waals surface area (Å²) in [5.74, 6) is -0.928. The molecule has 7 heteroatoms. The minimum absolute atomic E-state index is 0.0530. The summed E-state index contributed by atoms with van der Waals surface area (Å²) < 4.78 is 4.30. The highest BCUT2D eigenvalue weighted by atomic mass is 35.5. The van der Waals surface area contributed by atoms with Crippen LogP contribution in [0.3, 0.4) is 0 Å². The Labute approximate surface area is 95.6 Å². The van der Waals surface area contributed by atoms with E-state index in [2.05, 4.69) is 4.74 Å². The SMILES string of the molecule is COC(=O)C(O)c1cc([N+](=O)[O-])ccc1Cl. The maximum atomic E-state index is 11.0. The molecule has 0 heterocycles. The number of nitro groups is 1. The number of methoxy groups -OCH3 is 1. The Morgan fingerprint density at radius 1 is 1.62 bits per heavy atom. The molecule has 0 saturated carbocycles. The van der Waals surface area contributed by atoms with Gasteiger partial charge in [0.15, 0.2) is 6.10 Å². The van der Waals surface area contributed by atoms with E-state index >= 15 is 0 Å². The number of ether oxygens (including phenoxy) is 1. The molecule has 16 heavy (non-hydrogen) atoms. The number of aliphatic hydroxyl groups is 1. The van der Waals surface area contributed by atoms with E-state index in [1.807, 2.05) is 0 Å². The molecular weight excluding hydrogens is 238 g/mol. The molecule has 0 radical (unpaired) electrons. The molecule has 0 saturated heterocycles. The fourth-order valence-electron chi connectivity index (χ4n) is 1.09. The third kappa shape index (κ3) is 2.47. The maximum Gasteiger partial charge on any atom is 0.339 e. The molecule has 1 aromatic rings. The average molecular weight is 246 g/mol. The van der Waals surface area contributed by atoms with Crippen LogP contribution >= 0.6 is 11.6 Å². The Bertz CT molecular complexity index is 434. The van der Waals surface area contributed by atoms with Crippen LogP contribution < -0.4 is 0 Å². The number of benzene rings is 1. The molecule has 0 bridgehead atoms. The molecule has 1 unspecified atom stereocenters. The van der Waals surface area contributed by atoms with Crippen molar-refractivity contribution in [2.24, 2.45) is 0 Å². The molecule has 0 aliphatic heterocycles. The van der Waals surface area contributed by atoms with E-state index in [9.17, 15) is 20.0 Å². The van der Waals surface area contributed by atoms with Crippen LogP contribution in [0.4, 0.5) is 5.69 Å². The number of non-ortho nitro benzene ring substituents is 1. The van der Waals surface area contributed by atoms with Crippen molar-refractivity contribution >= 4 is 23.3 Å². The summed E-state index contributed by atoms with van der Waals surface area (Å²) in [6.07, 6.45) is -1.63. The fraction of sp³-hybridized carbons (Fsp3) is 0.222. The van der Waals surface area contributed by atoms with Crippen molar-refractivity contribution in [3.63, 3.8) is 0 Å². The highest BCUT2D eigenvalue weighted by Crippen LogP contribution is 2.27. The monoisotopic (exact) mass is 245 g/mol. The standard InChI is InChI=1S/C9H8ClNO5/c1-16-9(13)8(12)6-4-5(11(14)15)2-3-7(6)10/h2-4,8,12H,1H3. The molecule has 1 atom stereocenters. The molecular formula is C9H8ClNO5. The zero-order chi connectivity index (χ0) is 12.3. The van der Waals surface area contributed by atoms with E-state index in [0.29, 0.717) is 0 Å². The summed E-state index contributed by atoms with van der Waals surface area (Å²) in [6, 6.07) is 3.45. The van der Waals surface area contributed by atoms with Crippen LogP contribution in [-0.4, -0.2) is 23.1 Å². The van der Waals surface area contributed by atoms with Crippen molar-refractivity contribution in [3.8, 4) is 0 Å². The van der Waals surface area contributed by atoms with Gasteiger partial charge in [0.05, 0.1) is 12.0 Å². The van der Waals surface area contributed by atoms with E-state index in [0.717, 1.165) is 13.2 Å². The summed E-state index contributed by atoms with van der Waals surface area (Å²) in [5.41, 5.74) is -0.315. The largest absolute Gasteiger partial charge is 0.467 e. The van der Waals surface area contributed by atoms with Gasteiger partial charge in [0.2, 0.25) is 0 Å². The fourth-order valence-corrected chi connectivity index (χ4v) is 1.31. The van der Waals surface area contributed by atoms with Crippen molar-refractivity contribution in [1.29, 1.82) is 0 Å². The highest BCUT2D eigenvalue weighted by Gasteiger charge is 2.23. The second-order valence-corrected chi connectivity index (χ2v) is 3.30. The predicted molar refractivity (Wildman–Crippen MR) is 55.1 cm³/mol. The van der Waals surface area contributed by atoms with E-state index < -0.39 is 17.0 Å². The van der Waals surface area contributed by atoms with Gasteiger partial charge in [-0.25, -0.2) is 4.79 Å². The number of hydrogen-bond acceptors (Lipinski definition) is 5. The summed E-state index contributed by atoms with van der Waals surface area (Å²) in [5, 5.41) is 20.0. The first-order chi connectivity index (χ1) is 7.47. The maximum absolute atomic E-state index is 11.0. The highest BCUT2D eigenvalue weighted by molar-refractivity contribution is 6.31. The lowest BCUT2D eigenvalue weighted by Gasteiger charge is -2.09. The minimum atomic E-state index is -1.63. The Kier molecular flexibility index (Phi) is 3.81. The van der Waals surface area contributed by atoms with Crippen molar-refractivity contribution in [2.75, 3.05) is 7.11 Å². The number of carbonyl (C=O) groups excluding carboxylic acids is 1. The van der Waals surface area contributed by atoms with E-state index in [1.54, 1.807) is 0 Å². The number of carbonyl (C=O) groups is 1. The number of nitrogens with zero attached hydrogens (tertiary/aromatic N) is 1. The van der Waals surface area contributed by atoms with Crippen molar-refractivity contribution in [2.45, 2.75) is 6.10 Å². The van der Waals surface area contributed by atoms with Crippen molar-refractivity contribution in [1.82, 2.24) is 0 Å². The number of halogens is 1. The third-order valence-corrected chi connectivity index (χ3v) is 2.25. The summed E-state index contributed by atoms with van der Waals surface area (Å²) in [4.78, 5) is 20.9. The van der Waals surface area contributed by atoms with Gasteiger partial charge in [0, 0.05) is 22.7 Å². The Morgan fingerprint density at radius 2 is 2.25 bits per heavy atom. The normalized spacial score (nSPS) is 11.9. The lowest BCUT2D eigenvalue weighted by Crippen LogP contribution is -2.14. The molecule has 0 fully saturated rings. The first-order valence-electron chi connectivity index (χ1n) is 4.17. The van der Waals surface area contributed by atoms with Crippen molar-refractivity contribution in [3.05, 3.63) is 38.9 Å². The zero-order valence-electron chi connectivity index (χ0n) is 8.21. The average Bonchev–Trinajstić information content (AvgIpc) is 2.27. The van der Waals surface area contributed by atoms with Gasteiger partial charge in [0.1, 0.15) is 0 Å². The molecule has 86 valence electrons. The van der Waals surface area contributed by atoms with Gasteiger partial charge in [-0.15, -0.1) is 0 Å². The third-order valence-electron chi connectivity index (χ3n) is 1.91. The van der Waals surface area contributed by atoms with Gasteiger partial charge in [-0.05, 0) is 6.07 Å². The summed E-state index contributed by atoms with van der Waals surface area (Å²) in [6.45, 7) is 0. The van der Waals surface area contributed by atoms with Crippen LogP contribution in [0.1, 0.15) is 11.7 Å². The molecule has 6 nitrogen and oxygen atoms in total. The van der Waals surface area contributed by atoms with Gasteiger partial charge in [-0.1, -0.05) is 11.6 Å². The quantitative estimate of drug-likeness (QED) is 0.495. The van der Waals surface area contributed by atoms with E-state index in [-0.39, 0.29) is 16.3 Å². The van der Waals surface area contributed by atoms with E-state index in [4.69, 9.17) is 11.6 Å². The lowest BCUT2D eigenvalue weighted by molar-refractivity contribution is -0.385. The van der Waals surface area contributed by atoms with E-state index in [1.165, 1.54) is 12.1 Å². The zero-order valence-corrected chi connectivity index (χ0v) is 8.97. The Morgan fingerprint density at radius 3 is 2.75 bits per heavy atom.